The summed E-state index contributed by atoms with van der Waals surface area (Å²) in [5, 5.41) is 8.59. The molecule has 2 nitrogen and oxygen atoms in total. The van der Waals surface area contributed by atoms with Crippen molar-refractivity contribution < 1.29 is 9.90 Å². The summed E-state index contributed by atoms with van der Waals surface area (Å²) in [5.74, 6) is -0.656. The van der Waals surface area contributed by atoms with Crippen molar-refractivity contribution in [3.8, 4) is 0 Å². The van der Waals surface area contributed by atoms with E-state index in [0.29, 0.717) is 6.42 Å². The zero-order valence-corrected chi connectivity index (χ0v) is 20.0. The van der Waals surface area contributed by atoms with Gasteiger partial charge in [-0.15, -0.1) is 0 Å². The molecule has 2 heteroatoms. The van der Waals surface area contributed by atoms with E-state index in [4.69, 9.17) is 5.11 Å². The van der Waals surface area contributed by atoms with Crippen molar-refractivity contribution in [3.05, 3.63) is 36.5 Å². The fourth-order valence-corrected chi connectivity index (χ4v) is 3.58. The highest BCUT2D eigenvalue weighted by Crippen LogP contribution is 2.13. The molecule has 0 saturated carbocycles. The van der Waals surface area contributed by atoms with E-state index in [1.807, 2.05) is 0 Å². The number of aliphatic carboxylic acids is 1. The highest BCUT2D eigenvalue weighted by Gasteiger charge is 1.97. The lowest BCUT2D eigenvalue weighted by Gasteiger charge is -2.03. The van der Waals surface area contributed by atoms with Crippen molar-refractivity contribution in [3.63, 3.8) is 0 Å². The third kappa shape index (κ3) is 26.7. The number of allylic oxidation sites excluding steroid dienone is 6. The summed E-state index contributed by atoms with van der Waals surface area (Å²) in [6.07, 6.45) is 38.1. The molecule has 0 aliphatic rings. The van der Waals surface area contributed by atoms with Gasteiger partial charge in [-0.3, -0.25) is 4.79 Å². The molecule has 0 aromatic heterocycles. The topological polar surface area (TPSA) is 37.3 Å². The van der Waals surface area contributed by atoms with E-state index in [1.54, 1.807) is 0 Å². The van der Waals surface area contributed by atoms with Crippen LogP contribution in [-0.2, 0) is 4.79 Å². The molecule has 0 aliphatic heterocycles. The standard InChI is InChI=1S/C28H50O2/c1-2-3-4-5-6-7-8-9-10-11-12-13-14-15-16-17-18-19-20-21-22-23-24-25-26-27-28(29)30/h5-6,8-9,11-12H,2-4,7,10,13-27H2,1H3,(H,29,30). The summed E-state index contributed by atoms with van der Waals surface area (Å²) in [6.45, 7) is 2.24. The average Bonchev–Trinajstić information content (AvgIpc) is 2.73. The zero-order chi connectivity index (χ0) is 22.0. The van der Waals surface area contributed by atoms with Gasteiger partial charge in [0.05, 0.1) is 0 Å². The van der Waals surface area contributed by atoms with Crippen molar-refractivity contribution in [1.82, 2.24) is 0 Å². The first kappa shape index (κ1) is 28.7. The molecule has 174 valence electrons. The number of hydrogen-bond acceptors (Lipinski definition) is 1. The van der Waals surface area contributed by atoms with E-state index in [0.717, 1.165) is 25.7 Å². The number of unbranched alkanes of at least 4 members (excludes halogenated alkanes) is 15. The second-order valence-electron chi connectivity index (χ2n) is 8.56. The van der Waals surface area contributed by atoms with Gasteiger partial charge in [-0.1, -0.05) is 127 Å². The molecule has 0 radical (unpaired) electrons. The minimum atomic E-state index is -0.656. The Labute approximate surface area is 187 Å². The van der Waals surface area contributed by atoms with Gasteiger partial charge in [0.25, 0.3) is 0 Å². The Morgan fingerprint density at radius 3 is 1.33 bits per heavy atom. The van der Waals surface area contributed by atoms with E-state index in [2.05, 4.69) is 43.4 Å². The van der Waals surface area contributed by atoms with Crippen LogP contribution in [0.15, 0.2) is 36.5 Å². The molecule has 0 heterocycles. The van der Waals surface area contributed by atoms with Crippen LogP contribution >= 0.6 is 0 Å². The highest BCUT2D eigenvalue weighted by atomic mass is 16.4. The monoisotopic (exact) mass is 418 g/mol. The number of rotatable bonds is 23. The van der Waals surface area contributed by atoms with Gasteiger partial charge in [-0.05, 0) is 38.5 Å². The van der Waals surface area contributed by atoms with Crippen LogP contribution in [0.1, 0.15) is 135 Å². The van der Waals surface area contributed by atoms with Crippen LogP contribution in [-0.4, -0.2) is 11.1 Å². The molecule has 0 spiro atoms. The Morgan fingerprint density at radius 2 is 0.900 bits per heavy atom. The Morgan fingerprint density at radius 1 is 0.533 bits per heavy atom. The fraction of sp³-hybridized carbons (Fsp3) is 0.750. The van der Waals surface area contributed by atoms with E-state index in [1.165, 1.54) is 96.3 Å². The van der Waals surface area contributed by atoms with E-state index in [9.17, 15) is 4.79 Å². The Balaban J connectivity index is 3.17. The molecule has 30 heavy (non-hydrogen) atoms. The second-order valence-corrected chi connectivity index (χ2v) is 8.56. The second kappa shape index (κ2) is 25.7. The maximum atomic E-state index is 10.4. The zero-order valence-electron chi connectivity index (χ0n) is 20.0. The average molecular weight is 419 g/mol. The van der Waals surface area contributed by atoms with Gasteiger partial charge in [0, 0.05) is 6.42 Å². The molecule has 0 aromatic carbocycles. The quantitative estimate of drug-likeness (QED) is 0.132. The summed E-state index contributed by atoms with van der Waals surface area (Å²) in [5.41, 5.74) is 0. The van der Waals surface area contributed by atoms with Crippen LogP contribution in [0.3, 0.4) is 0 Å². The van der Waals surface area contributed by atoms with Crippen LogP contribution < -0.4 is 0 Å². The Bertz CT molecular complexity index is 434. The van der Waals surface area contributed by atoms with Gasteiger partial charge >= 0.3 is 5.97 Å². The lowest BCUT2D eigenvalue weighted by atomic mass is 10.0. The smallest absolute Gasteiger partial charge is 0.303 e. The van der Waals surface area contributed by atoms with Crippen LogP contribution in [0.25, 0.3) is 0 Å². The molecule has 0 aliphatic carbocycles. The molecule has 0 unspecified atom stereocenters. The summed E-state index contributed by atoms with van der Waals surface area (Å²) in [4.78, 5) is 10.4. The minimum absolute atomic E-state index is 0.338. The van der Waals surface area contributed by atoms with Crippen molar-refractivity contribution in [2.75, 3.05) is 0 Å². The summed E-state index contributed by atoms with van der Waals surface area (Å²) < 4.78 is 0. The predicted molar refractivity (Wildman–Crippen MR) is 133 cm³/mol. The number of carboxylic acid groups (broad SMARTS) is 1. The first-order chi connectivity index (χ1) is 14.8. The molecule has 0 fully saturated rings. The van der Waals surface area contributed by atoms with Gasteiger partial charge in [0.15, 0.2) is 0 Å². The van der Waals surface area contributed by atoms with Crippen LogP contribution in [0.2, 0.25) is 0 Å². The lowest BCUT2D eigenvalue weighted by Crippen LogP contribution is -1.93. The normalized spacial score (nSPS) is 12.0. The fourth-order valence-electron chi connectivity index (χ4n) is 3.58. The van der Waals surface area contributed by atoms with Crippen molar-refractivity contribution >= 4 is 5.97 Å². The van der Waals surface area contributed by atoms with Gasteiger partial charge < -0.3 is 5.11 Å². The molecule has 0 saturated heterocycles. The van der Waals surface area contributed by atoms with Crippen molar-refractivity contribution in [2.24, 2.45) is 0 Å². The Hall–Kier alpha value is -1.31. The Kier molecular flexibility index (Phi) is 24.6. The summed E-state index contributed by atoms with van der Waals surface area (Å²) >= 11 is 0. The van der Waals surface area contributed by atoms with Gasteiger partial charge in [-0.25, -0.2) is 0 Å². The third-order valence-electron chi connectivity index (χ3n) is 5.53. The maximum absolute atomic E-state index is 10.4. The van der Waals surface area contributed by atoms with Crippen molar-refractivity contribution in [1.29, 1.82) is 0 Å². The molecule has 0 atom stereocenters. The van der Waals surface area contributed by atoms with Gasteiger partial charge in [-0.2, -0.15) is 0 Å². The molecule has 0 amide bonds. The molecule has 0 bridgehead atoms. The lowest BCUT2D eigenvalue weighted by molar-refractivity contribution is -0.137. The first-order valence-corrected chi connectivity index (χ1v) is 12.9. The number of carbonyl (C=O) groups is 1. The summed E-state index contributed by atoms with van der Waals surface area (Å²) in [6, 6.07) is 0. The third-order valence-corrected chi connectivity index (χ3v) is 5.53. The highest BCUT2D eigenvalue weighted by molar-refractivity contribution is 5.66. The molecule has 0 aromatic rings. The maximum Gasteiger partial charge on any atom is 0.303 e. The van der Waals surface area contributed by atoms with Crippen LogP contribution in [0.5, 0.6) is 0 Å². The largest absolute Gasteiger partial charge is 0.481 e. The van der Waals surface area contributed by atoms with E-state index in [-0.39, 0.29) is 0 Å². The van der Waals surface area contributed by atoms with Gasteiger partial charge in [0.2, 0.25) is 0 Å². The van der Waals surface area contributed by atoms with Gasteiger partial charge in [0.1, 0.15) is 0 Å². The molecular weight excluding hydrogens is 368 g/mol. The minimum Gasteiger partial charge on any atom is -0.481 e. The van der Waals surface area contributed by atoms with E-state index < -0.39 is 5.97 Å². The number of hydrogen-bond donors (Lipinski definition) is 1. The predicted octanol–water partition coefficient (Wildman–Crippen LogP) is 9.56. The van der Waals surface area contributed by atoms with Crippen molar-refractivity contribution in [2.45, 2.75) is 135 Å². The molecular formula is C28H50O2. The van der Waals surface area contributed by atoms with E-state index >= 15 is 0 Å². The SMILES string of the molecule is CCCCC=CCC=CCC=CCCCCCCCCCCCCCCCC(=O)O. The molecule has 1 N–H and O–H groups in total. The number of carboxylic acids is 1. The molecule has 0 rings (SSSR count). The van der Waals surface area contributed by atoms with Crippen LogP contribution in [0, 0.1) is 0 Å². The summed E-state index contributed by atoms with van der Waals surface area (Å²) in [7, 11) is 0. The van der Waals surface area contributed by atoms with Crippen LogP contribution in [0.4, 0.5) is 0 Å². The first-order valence-electron chi connectivity index (χ1n) is 12.9.